The molecule has 44 heavy (non-hydrogen) atoms. The quantitative estimate of drug-likeness (QED) is 0.188. The zero-order valence-corrected chi connectivity index (χ0v) is 24.6. The van der Waals surface area contributed by atoms with E-state index in [1.165, 1.54) is 12.1 Å². The van der Waals surface area contributed by atoms with Gasteiger partial charge in [0.05, 0.1) is 32.7 Å². The Labute approximate surface area is 251 Å². The summed E-state index contributed by atoms with van der Waals surface area (Å²) in [5.41, 5.74) is -1.45. The van der Waals surface area contributed by atoms with Crippen LogP contribution in [0.4, 0.5) is 5.69 Å². The van der Waals surface area contributed by atoms with Crippen LogP contribution in [0.5, 0.6) is 0 Å². The summed E-state index contributed by atoms with van der Waals surface area (Å²) in [6.07, 6.45) is 8.09. The van der Waals surface area contributed by atoms with E-state index in [0.29, 0.717) is 21.5 Å². The Balaban J connectivity index is 1.29. The van der Waals surface area contributed by atoms with Gasteiger partial charge in [-0.2, -0.15) is 9.69 Å². The SMILES string of the molecule is CCCCCCCCn1c(=O)c2cc3c(=O)n(N4C(=O)c5cccc6c(N7CCCC7)ccc(c56)C4=O)c(=O)c3cc2c1=O. The zero-order chi connectivity index (χ0) is 30.7. The summed E-state index contributed by atoms with van der Waals surface area (Å²) in [5.74, 6) is -1.57. The van der Waals surface area contributed by atoms with E-state index in [9.17, 15) is 28.8 Å². The maximum Gasteiger partial charge on any atom is 0.281 e. The molecule has 10 heteroatoms. The Morgan fingerprint density at radius 1 is 0.614 bits per heavy atom. The number of hydrogen-bond donors (Lipinski definition) is 0. The van der Waals surface area contributed by atoms with E-state index < -0.39 is 34.1 Å². The molecule has 0 spiro atoms. The third-order valence-corrected chi connectivity index (χ3v) is 9.20. The van der Waals surface area contributed by atoms with E-state index in [1.54, 1.807) is 18.2 Å². The molecule has 0 radical (unpaired) electrons. The number of carbonyl (C=O) groups is 2. The average molecular weight is 593 g/mol. The predicted molar refractivity (Wildman–Crippen MR) is 171 cm³/mol. The number of benzene rings is 3. The molecule has 0 N–H and O–H groups in total. The standard InChI is InChI=1S/C34H32N4O6/c1-2-3-4-5-6-7-17-36-29(39)23-18-25-26(19-24(23)30(36)40)34(44)38(33(25)43)37-31(41)21-12-10-11-20-27(35-15-8-9-16-35)14-13-22(28(20)21)32(37)42/h10-14,18-19H,2-9,15-17H2,1H3. The molecular formula is C34H32N4O6. The minimum atomic E-state index is -0.895. The van der Waals surface area contributed by atoms with Gasteiger partial charge in [0.15, 0.2) is 0 Å². The largest absolute Gasteiger partial charge is 0.371 e. The number of fused-ring (bicyclic) bond motifs is 2. The van der Waals surface area contributed by atoms with Crippen molar-refractivity contribution in [2.24, 2.45) is 0 Å². The molecule has 2 aliphatic rings. The Bertz CT molecular complexity index is 2110. The summed E-state index contributed by atoms with van der Waals surface area (Å²) in [5, 5.41) is 1.71. The molecule has 10 nitrogen and oxygen atoms in total. The van der Waals surface area contributed by atoms with Crippen molar-refractivity contribution >= 4 is 49.8 Å². The molecule has 2 amide bonds. The molecule has 0 saturated carbocycles. The summed E-state index contributed by atoms with van der Waals surface area (Å²) in [4.78, 5) is 83.7. The van der Waals surface area contributed by atoms with Crippen molar-refractivity contribution < 1.29 is 9.59 Å². The van der Waals surface area contributed by atoms with E-state index in [2.05, 4.69) is 11.8 Å². The molecule has 0 aliphatic carbocycles. The molecule has 3 aromatic carbocycles. The smallest absolute Gasteiger partial charge is 0.281 e. The van der Waals surface area contributed by atoms with Gasteiger partial charge in [-0.3, -0.25) is 33.3 Å². The lowest BCUT2D eigenvalue weighted by Gasteiger charge is -2.28. The summed E-state index contributed by atoms with van der Waals surface area (Å²) in [7, 11) is 0. The first kappa shape index (κ1) is 27.9. The minimum Gasteiger partial charge on any atom is -0.371 e. The van der Waals surface area contributed by atoms with Crippen molar-refractivity contribution in [2.45, 2.75) is 64.8 Å². The zero-order valence-electron chi connectivity index (χ0n) is 24.6. The fraction of sp³-hybridized carbons (Fsp3) is 0.353. The first-order valence-electron chi connectivity index (χ1n) is 15.5. The Hall–Kier alpha value is -4.86. The normalized spacial score (nSPS) is 15.1. The second-order valence-corrected chi connectivity index (χ2v) is 11.9. The van der Waals surface area contributed by atoms with E-state index in [1.807, 2.05) is 12.1 Å². The van der Waals surface area contributed by atoms with E-state index in [-0.39, 0.29) is 39.2 Å². The van der Waals surface area contributed by atoms with Crippen LogP contribution in [-0.2, 0) is 6.54 Å². The third kappa shape index (κ3) is 4.07. The van der Waals surface area contributed by atoms with Gasteiger partial charge in [0, 0.05) is 36.1 Å². The maximum atomic E-state index is 13.8. The summed E-state index contributed by atoms with van der Waals surface area (Å²) in [6.45, 7) is 4.16. The topological polar surface area (TPSA) is 119 Å². The highest BCUT2D eigenvalue weighted by Crippen LogP contribution is 2.36. The number of unbranched alkanes of at least 4 members (excludes halogenated alkanes) is 5. The molecule has 1 saturated heterocycles. The van der Waals surface area contributed by atoms with Gasteiger partial charge in [0.25, 0.3) is 34.1 Å². The molecule has 2 aliphatic heterocycles. The van der Waals surface area contributed by atoms with Crippen LogP contribution in [0.25, 0.3) is 32.3 Å². The summed E-state index contributed by atoms with van der Waals surface area (Å²) in [6, 6.07) is 11.2. The van der Waals surface area contributed by atoms with Crippen LogP contribution in [-0.4, -0.2) is 34.1 Å². The molecule has 224 valence electrons. The molecule has 0 bridgehead atoms. The Kier molecular flexibility index (Phi) is 6.79. The molecule has 0 atom stereocenters. The molecule has 0 unspecified atom stereocenters. The number of hydrogen-bond acceptors (Lipinski definition) is 7. The maximum absolute atomic E-state index is 13.8. The van der Waals surface area contributed by atoms with Crippen LogP contribution in [0, 0.1) is 0 Å². The van der Waals surface area contributed by atoms with Gasteiger partial charge in [-0.15, -0.1) is 0 Å². The lowest BCUT2D eigenvalue weighted by atomic mass is 9.93. The molecular weight excluding hydrogens is 560 g/mol. The lowest BCUT2D eigenvalue weighted by molar-refractivity contribution is 0.0849. The molecule has 7 rings (SSSR count). The average Bonchev–Trinajstić information content (AvgIpc) is 3.71. The Morgan fingerprint density at radius 3 is 1.82 bits per heavy atom. The highest BCUT2D eigenvalue weighted by molar-refractivity contribution is 6.33. The van der Waals surface area contributed by atoms with Gasteiger partial charge in [0.2, 0.25) is 0 Å². The van der Waals surface area contributed by atoms with Crippen molar-refractivity contribution in [2.75, 3.05) is 23.0 Å². The monoisotopic (exact) mass is 592 g/mol. The molecule has 1 fully saturated rings. The van der Waals surface area contributed by atoms with Crippen LogP contribution in [0.15, 0.2) is 61.6 Å². The lowest BCUT2D eigenvalue weighted by Crippen LogP contribution is -2.55. The van der Waals surface area contributed by atoms with E-state index in [4.69, 9.17) is 0 Å². The van der Waals surface area contributed by atoms with Crippen molar-refractivity contribution in [3.05, 3.63) is 95.0 Å². The van der Waals surface area contributed by atoms with Gasteiger partial charge >= 0.3 is 0 Å². The fourth-order valence-electron chi connectivity index (χ4n) is 6.93. The summed E-state index contributed by atoms with van der Waals surface area (Å²) >= 11 is 0. The number of anilines is 1. The first-order chi connectivity index (χ1) is 21.3. The first-order valence-corrected chi connectivity index (χ1v) is 15.5. The molecule has 5 aromatic rings. The van der Waals surface area contributed by atoms with Crippen LogP contribution in [0.3, 0.4) is 0 Å². The number of nitrogens with zero attached hydrogens (tertiary/aromatic N) is 4. The van der Waals surface area contributed by atoms with Gasteiger partial charge in [0.1, 0.15) is 0 Å². The van der Waals surface area contributed by atoms with Crippen LogP contribution in [0.2, 0.25) is 0 Å². The van der Waals surface area contributed by atoms with Gasteiger partial charge in [-0.05, 0) is 49.6 Å². The van der Waals surface area contributed by atoms with Crippen molar-refractivity contribution in [1.29, 1.82) is 0 Å². The summed E-state index contributed by atoms with van der Waals surface area (Å²) < 4.78 is 1.71. The van der Waals surface area contributed by atoms with E-state index in [0.717, 1.165) is 73.7 Å². The highest BCUT2D eigenvalue weighted by atomic mass is 16.2. The number of rotatable bonds is 9. The molecule has 4 heterocycles. The van der Waals surface area contributed by atoms with Gasteiger partial charge in [-0.25, -0.2) is 0 Å². The number of aromatic nitrogens is 2. The predicted octanol–water partition coefficient (Wildman–Crippen LogP) is 3.96. The van der Waals surface area contributed by atoms with Crippen LogP contribution in [0.1, 0.15) is 79.0 Å². The van der Waals surface area contributed by atoms with Crippen molar-refractivity contribution in [1.82, 2.24) is 9.24 Å². The van der Waals surface area contributed by atoms with Crippen molar-refractivity contribution in [3.8, 4) is 0 Å². The van der Waals surface area contributed by atoms with E-state index >= 15 is 0 Å². The molecule has 2 aromatic heterocycles. The highest BCUT2D eigenvalue weighted by Gasteiger charge is 2.38. The van der Waals surface area contributed by atoms with Gasteiger partial charge in [-0.1, -0.05) is 51.2 Å². The van der Waals surface area contributed by atoms with Gasteiger partial charge < -0.3 is 4.90 Å². The minimum absolute atomic E-state index is 0.0450. The second kappa shape index (κ2) is 10.7. The Morgan fingerprint density at radius 2 is 1.18 bits per heavy atom. The second-order valence-electron chi connectivity index (χ2n) is 11.9. The number of carbonyl (C=O) groups excluding carboxylic acids is 2. The number of imide groups is 1. The van der Waals surface area contributed by atoms with Crippen molar-refractivity contribution in [3.63, 3.8) is 0 Å². The van der Waals surface area contributed by atoms with Crippen LogP contribution < -0.4 is 32.1 Å². The fourth-order valence-corrected chi connectivity index (χ4v) is 6.93. The van der Waals surface area contributed by atoms with Crippen LogP contribution >= 0.6 is 0 Å². The number of amides is 2. The third-order valence-electron chi connectivity index (χ3n) is 9.20.